The van der Waals surface area contributed by atoms with Gasteiger partial charge in [-0.15, -0.1) is 0 Å². The molecule has 16 aromatic rings. The van der Waals surface area contributed by atoms with E-state index < -0.39 is 11.7 Å². The molecule has 93 heavy (non-hydrogen) atoms. The number of aromatic nitrogens is 6. The van der Waals surface area contributed by atoms with Gasteiger partial charge in [0.2, 0.25) is 0 Å². The molecule has 440 valence electrons. The van der Waals surface area contributed by atoms with E-state index in [1.54, 1.807) is 25.1 Å². The predicted molar refractivity (Wildman–Crippen MR) is 370 cm³/mol. The van der Waals surface area contributed by atoms with E-state index in [-0.39, 0.29) is 16.7 Å². The lowest BCUT2D eigenvalue weighted by Crippen LogP contribution is -2.12. The van der Waals surface area contributed by atoms with Crippen molar-refractivity contribution in [1.82, 2.24) is 29.1 Å². The van der Waals surface area contributed by atoms with Gasteiger partial charge in [0.1, 0.15) is 0 Å². The van der Waals surface area contributed by atoms with Gasteiger partial charge < -0.3 is 9.13 Å². The van der Waals surface area contributed by atoms with Crippen LogP contribution in [0.4, 0.5) is 13.2 Å². The second kappa shape index (κ2) is 22.9. The van der Waals surface area contributed by atoms with Crippen molar-refractivity contribution in [3.63, 3.8) is 0 Å². The lowest BCUT2D eigenvalue weighted by molar-refractivity contribution is -0.137. The molecule has 0 N–H and O–H groups in total. The second-order valence-corrected chi connectivity index (χ2v) is 23.2. The van der Waals surface area contributed by atoms with Crippen LogP contribution in [0.2, 0.25) is 0 Å². The number of fused-ring (bicyclic) bond motifs is 6. The Labute approximate surface area is 533 Å². The molecule has 0 amide bonds. The third-order valence-electron chi connectivity index (χ3n) is 17.5. The minimum atomic E-state index is -4.83. The number of benzene rings is 10. The number of halogens is 3. The summed E-state index contributed by atoms with van der Waals surface area (Å²) in [5.41, 5.74) is 16.3. The van der Waals surface area contributed by atoms with Gasteiger partial charge in [-0.2, -0.15) is 18.4 Å². The maximum absolute atomic E-state index is 16.5. The van der Waals surface area contributed by atoms with Crippen LogP contribution in [-0.2, 0) is 6.18 Å². The number of nitrogens with zero attached hydrogens (tertiary/aromatic N) is 7. The van der Waals surface area contributed by atoms with Crippen LogP contribution in [0.5, 0.6) is 0 Å². The summed E-state index contributed by atoms with van der Waals surface area (Å²) in [5.74, 6) is 0. The van der Waals surface area contributed by atoms with E-state index >= 15 is 13.2 Å². The van der Waals surface area contributed by atoms with Gasteiger partial charge in [-0.1, -0.05) is 206 Å². The Morgan fingerprint density at radius 2 is 0.581 bits per heavy atom. The maximum atomic E-state index is 16.5. The molecule has 0 radical (unpaired) electrons. The van der Waals surface area contributed by atoms with Gasteiger partial charge in [0.25, 0.3) is 0 Å². The van der Waals surface area contributed by atoms with Crippen LogP contribution in [-0.4, -0.2) is 29.1 Å². The fourth-order valence-corrected chi connectivity index (χ4v) is 13.2. The molecule has 10 aromatic carbocycles. The number of rotatable bonds is 11. The maximum Gasteiger partial charge on any atom is 0.417 e. The Hall–Kier alpha value is -12.3. The lowest BCUT2D eigenvalue weighted by atomic mass is 9.90. The molecule has 0 aliphatic carbocycles. The summed E-state index contributed by atoms with van der Waals surface area (Å²) in [4.78, 5) is 20.8. The van der Waals surface area contributed by atoms with E-state index in [9.17, 15) is 5.26 Å². The molecule has 0 atom stereocenters. The zero-order valence-corrected chi connectivity index (χ0v) is 50.1. The Kier molecular flexibility index (Phi) is 13.8. The summed E-state index contributed by atoms with van der Waals surface area (Å²) in [6, 6.07) is 98.8. The fraction of sp³-hybridized carbons (Fsp3) is 0.0241. The van der Waals surface area contributed by atoms with Crippen LogP contribution in [0.1, 0.15) is 16.7 Å². The van der Waals surface area contributed by atoms with E-state index in [2.05, 4.69) is 63.7 Å². The summed E-state index contributed by atoms with van der Waals surface area (Å²) in [6.07, 6.45) is -4.83. The standard InChI is InChI=1S/C83H52F3N7/c1-52-19-14-28-66(83(84,85)86)81(52)82-79(92-75-47-58(71-33-15-29-67(88-71)54-20-6-2-7-21-54)37-41-62(75)63-42-38-59(48-76(63)92)72-34-16-30-68(89-72)55-22-8-3-9-23-55)45-53(51-87)46-80(82)93-77-49-60(73-35-17-31-69(90-73)56-24-10-4-11-25-56)39-43-64(77)65-44-40-61(50-78(65)93)74-36-18-32-70(91-74)57-26-12-5-13-27-57/h2-50H,1H3. The van der Waals surface area contributed by atoms with Crippen molar-refractivity contribution >= 4 is 43.6 Å². The van der Waals surface area contributed by atoms with Gasteiger partial charge in [0.15, 0.2) is 0 Å². The molecular formula is C83H52F3N7. The summed E-state index contributed by atoms with van der Waals surface area (Å²) in [7, 11) is 0. The first-order valence-electron chi connectivity index (χ1n) is 30.6. The highest BCUT2D eigenvalue weighted by Gasteiger charge is 2.37. The SMILES string of the molecule is Cc1cccc(C(F)(F)F)c1-c1c(-n2c3cc(-c4cccc(-c5ccccc5)n4)ccc3c3ccc(-c4cccc(-c5ccccc5)n4)cc32)cc(C#N)cc1-n1c2cc(-c3cccc(-c4ccccc4)n3)ccc2c2ccc(-c3cccc(-c4ccccc4)n3)cc21. The average Bonchev–Trinajstić information content (AvgIpc) is 1.61. The van der Waals surface area contributed by atoms with Gasteiger partial charge in [-0.25, -0.2) is 19.9 Å². The zero-order chi connectivity index (χ0) is 62.7. The highest BCUT2D eigenvalue weighted by molar-refractivity contribution is 6.14. The number of alkyl halides is 3. The molecule has 7 nitrogen and oxygen atoms in total. The normalized spacial score (nSPS) is 11.6. The number of nitriles is 1. The van der Waals surface area contributed by atoms with Gasteiger partial charge in [0, 0.05) is 77.2 Å². The summed E-state index contributed by atoms with van der Waals surface area (Å²) < 4.78 is 53.6. The molecule has 0 saturated heterocycles. The molecule has 16 rings (SSSR count). The molecule has 0 fully saturated rings. The zero-order valence-electron chi connectivity index (χ0n) is 50.1. The third kappa shape index (κ3) is 10.1. The first kappa shape index (κ1) is 56.0. The van der Waals surface area contributed by atoms with Crippen LogP contribution in [0, 0.1) is 18.3 Å². The lowest BCUT2D eigenvalue weighted by Gasteiger charge is -2.24. The van der Waals surface area contributed by atoms with Crippen molar-refractivity contribution in [3.05, 3.63) is 314 Å². The Morgan fingerprint density at radius 3 is 0.860 bits per heavy atom. The van der Waals surface area contributed by atoms with Crippen molar-refractivity contribution in [2.75, 3.05) is 0 Å². The minimum absolute atomic E-state index is 0.0342. The molecule has 0 unspecified atom stereocenters. The van der Waals surface area contributed by atoms with Crippen LogP contribution in [0.15, 0.2) is 297 Å². The summed E-state index contributed by atoms with van der Waals surface area (Å²) in [6.45, 7) is 1.73. The van der Waals surface area contributed by atoms with Crippen LogP contribution in [0.25, 0.3) is 156 Å². The second-order valence-electron chi connectivity index (χ2n) is 23.2. The number of aryl methyl sites for hydroxylation is 1. The van der Waals surface area contributed by atoms with Gasteiger partial charge in [-0.3, -0.25) is 0 Å². The van der Waals surface area contributed by atoms with Crippen molar-refractivity contribution < 1.29 is 13.2 Å². The minimum Gasteiger partial charge on any atom is -0.308 e. The summed E-state index contributed by atoms with van der Waals surface area (Å²) >= 11 is 0. The van der Waals surface area contributed by atoms with Crippen molar-refractivity contribution in [1.29, 1.82) is 5.26 Å². The van der Waals surface area contributed by atoms with Crippen molar-refractivity contribution in [3.8, 4) is 119 Å². The van der Waals surface area contributed by atoms with Crippen LogP contribution in [0.3, 0.4) is 0 Å². The molecule has 0 aliphatic rings. The molecular weight excluding hydrogens is 1150 g/mol. The molecule has 0 bridgehead atoms. The molecule has 10 heteroatoms. The Morgan fingerprint density at radius 1 is 0.301 bits per heavy atom. The van der Waals surface area contributed by atoms with E-state index in [4.69, 9.17) is 19.9 Å². The quantitative estimate of drug-likeness (QED) is 0.129. The Bertz CT molecular complexity index is 5050. The van der Waals surface area contributed by atoms with Crippen LogP contribution < -0.4 is 0 Å². The number of hydrogen-bond acceptors (Lipinski definition) is 5. The fourth-order valence-electron chi connectivity index (χ4n) is 13.2. The first-order chi connectivity index (χ1) is 45.6. The summed E-state index contributed by atoms with van der Waals surface area (Å²) in [5, 5.41) is 14.9. The van der Waals surface area contributed by atoms with E-state index in [1.807, 2.05) is 218 Å². The molecule has 0 saturated carbocycles. The average molecular weight is 1200 g/mol. The number of hydrogen-bond donors (Lipinski definition) is 0. The van der Waals surface area contributed by atoms with Gasteiger partial charge in [0.05, 0.1) is 96.2 Å². The van der Waals surface area contributed by atoms with E-state index in [0.717, 1.165) is 94.9 Å². The van der Waals surface area contributed by atoms with Crippen LogP contribution >= 0.6 is 0 Å². The molecule has 6 heterocycles. The highest BCUT2D eigenvalue weighted by atomic mass is 19.4. The van der Waals surface area contributed by atoms with Gasteiger partial charge >= 0.3 is 6.18 Å². The predicted octanol–water partition coefficient (Wildman–Crippen LogP) is 21.7. The monoisotopic (exact) mass is 1200 g/mol. The molecule has 6 aromatic heterocycles. The molecule has 0 spiro atoms. The van der Waals surface area contributed by atoms with E-state index in [1.165, 1.54) is 6.07 Å². The molecule has 0 aliphatic heterocycles. The third-order valence-corrected chi connectivity index (χ3v) is 17.5. The smallest absolute Gasteiger partial charge is 0.308 e. The topological polar surface area (TPSA) is 85.2 Å². The highest BCUT2D eigenvalue weighted by Crippen LogP contribution is 2.49. The first-order valence-corrected chi connectivity index (χ1v) is 30.6. The number of pyridine rings is 4. The largest absolute Gasteiger partial charge is 0.417 e. The van der Waals surface area contributed by atoms with Crippen molar-refractivity contribution in [2.45, 2.75) is 13.1 Å². The Balaban J connectivity index is 1.03. The van der Waals surface area contributed by atoms with Gasteiger partial charge in [-0.05, 0) is 103 Å². The van der Waals surface area contributed by atoms with Crippen molar-refractivity contribution in [2.24, 2.45) is 0 Å². The van der Waals surface area contributed by atoms with E-state index in [0.29, 0.717) is 61.8 Å².